The first kappa shape index (κ1) is 15.8. The van der Waals surface area contributed by atoms with Crippen LogP contribution in [0, 0.1) is 0 Å². The highest BCUT2D eigenvalue weighted by Gasteiger charge is 2.13. The summed E-state index contributed by atoms with van der Waals surface area (Å²) in [5, 5.41) is 11.7. The lowest BCUT2D eigenvalue weighted by Crippen LogP contribution is -2.38. The molecule has 19 heavy (non-hydrogen) atoms. The molecule has 0 aromatic heterocycles. The van der Waals surface area contributed by atoms with E-state index < -0.39 is 6.10 Å². The lowest BCUT2D eigenvalue weighted by atomic mass is 10.3. The van der Waals surface area contributed by atoms with Crippen molar-refractivity contribution in [3.63, 3.8) is 0 Å². The van der Waals surface area contributed by atoms with Gasteiger partial charge in [-0.15, -0.1) is 0 Å². The second-order valence-corrected chi connectivity index (χ2v) is 4.28. The quantitative estimate of drug-likeness (QED) is 0.706. The largest absolute Gasteiger partial charge is 0.481 e. The number of hydrogen-bond donors (Lipinski definition) is 2. The molecule has 0 bridgehead atoms. The minimum Gasteiger partial charge on any atom is -0.481 e. The van der Waals surface area contributed by atoms with Crippen LogP contribution in [0.1, 0.15) is 6.92 Å². The minimum atomic E-state index is -0.615. The van der Waals surface area contributed by atoms with Gasteiger partial charge in [0.05, 0.1) is 19.8 Å². The van der Waals surface area contributed by atoms with Crippen molar-refractivity contribution < 1.29 is 19.4 Å². The number of hydrogen-bond acceptors (Lipinski definition) is 4. The van der Waals surface area contributed by atoms with Crippen molar-refractivity contribution in [1.82, 2.24) is 5.32 Å². The summed E-state index contributed by atoms with van der Waals surface area (Å²) in [6.07, 6.45) is -0.615. The van der Waals surface area contributed by atoms with Gasteiger partial charge < -0.3 is 19.9 Å². The fourth-order valence-corrected chi connectivity index (χ4v) is 1.53. The molecule has 2 N–H and O–H groups in total. The summed E-state index contributed by atoms with van der Waals surface area (Å²) in [6.45, 7) is 2.63. The van der Waals surface area contributed by atoms with Crippen molar-refractivity contribution in [2.75, 3.05) is 26.4 Å². The normalized spacial score (nSPS) is 11.9. The lowest BCUT2D eigenvalue weighted by molar-refractivity contribution is -0.127. The minimum absolute atomic E-state index is 0.0256. The lowest BCUT2D eigenvalue weighted by Gasteiger charge is -2.14. The predicted octanol–water partition coefficient (Wildman–Crippen LogP) is 1.23. The van der Waals surface area contributed by atoms with Gasteiger partial charge in [0.1, 0.15) is 5.75 Å². The van der Waals surface area contributed by atoms with Crippen LogP contribution in [0.5, 0.6) is 5.75 Å². The number of ether oxygens (including phenoxy) is 2. The van der Waals surface area contributed by atoms with Crippen LogP contribution in [0.3, 0.4) is 0 Å². The first-order chi connectivity index (χ1) is 9.13. The zero-order valence-corrected chi connectivity index (χ0v) is 11.5. The Labute approximate surface area is 117 Å². The molecule has 0 radical (unpaired) electrons. The van der Waals surface area contributed by atoms with Gasteiger partial charge >= 0.3 is 0 Å². The summed E-state index contributed by atoms with van der Waals surface area (Å²) in [7, 11) is 0. The third kappa shape index (κ3) is 6.42. The molecule has 1 amide bonds. The molecular formula is C13H18ClNO4. The van der Waals surface area contributed by atoms with Crippen molar-refractivity contribution >= 4 is 17.5 Å². The Kier molecular flexibility index (Phi) is 7.25. The van der Waals surface area contributed by atoms with E-state index in [0.29, 0.717) is 23.9 Å². The van der Waals surface area contributed by atoms with E-state index >= 15 is 0 Å². The maximum absolute atomic E-state index is 11.7. The zero-order valence-electron chi connectivity index (χ0n) is 10.8. The molecule has 0 spiro atoms. The SMILES string of the molecule is CC(Oc1cccc(Cl)c1)C(=O)NCCOCCO. The topological polar surface area (TPSA) is 67.8 Å². The molecule has 106 valence electrons. The Hall–Kier alpha value is -1.30. The molecule has 0 aliphatic heterocycles. The number of halogens is 1. The second kappa shape index (κ2) is 8.74. The van der Waals surface area contributed by atoms with Gasteiger partial charge in [-0.3, -0.25) is 4.79 Å². The number of rotatable bonds is 8. The molecule has 0 fully saturated rings. The highest BCUT2D eigenvalue weighted by atomic mass is 35.5. The average molecular weight is 288 g/mol. The number of nitrogens with one attached hydrogen (secondary N) is 1. The highest BCUT2D eigenvalue weighted by Crippen LogP contribution is 2.18. The van der Waals surface area contributed by atoms with Crippen LogP contribution >= 0.6 is 11.6 Å². The Bertz CT molecular complexity index is 400. The van der Waals surface area contributed by atoms with Gasteiger partial charge in [-0.25, -0.2) is 0 Å². The van der Waals surface area contributed by atoms with E-state index in [1.165, 1.54) is 0 Å². The summed E-state index contributed by atoms with van der Waals surface area (Å²) in [4.78, 5) is 11.7. The van der Waals surface area contributed by atoms with E-state index in [-0.39, 0.29) is 19.1 Å². The van der Waals surface area contributed by atoms with Crippen LogP contribution in [0.25, 0.3) is 0 Å². The summed E-state index contributed by atoms with van der Waals surface area (Å²) in [5.41, 5.74) is 0. The molecule has 5 nitrogen and oxygen atoms in total. The number of amides is 1. The van der Waals surface area contributed by atoms with E-state index in [4.69, 9.17) is 26.2 Å². The van der Waals surface area contributed by atoms with E-state index in [9.17, 15) is 4.79 Å². The molecule has 0 saturated carbocycles. The number of carbonyl (C=O) groups is 1. The fraction of sp³-hybridized carbons (Fsp3) is 0.462. The van der Waals surface area contributed by atoms with Crippen LogP contribution < -0.4 is 10.1 Å². The molecule has 1 unspecified atom stereocenters. The molecule has 1 atom stereocenters. The third-order valence-corrected chi connectivity index (χ3v) is 2.49. The molecule has 0 aliphatic rings. The summed E-state index contributed by atoms with van der Waals surface area (Å²) in [6, 6.07) is 6.87. The third-order valence-electron chi connectivity index (χ3n) is 2.26. The smallest absolute Gasteiger partial charge is 0.260 e. The maximum Gasteiger partial charge on any atom is 0.260 e. The van der Waals surface area contributed by atoms with Crippen molar-refractivity contribution in [2.24, 2.45) is 0 Å². The van der Waals surface area contributed by atoms with Gasteiger partial charge in [-0.2, -0.15) is 0 Å². The number of aliphatic hydroxyl groups excluding tert-OH is 1. The predicted molar refractivity (Wildman–Crippen MR) is 72.5 cm³/mol. The van der Waals surface area contributed by atoms with Gasteiger partial charge in [-0.1, -0.05) is 17.7 Å². The van der Waals surface area contributed by atoms with Crippen LogP contribution in [0.2, 0.25) is 5.02 Å². The molecule has 0 heterocycles. The fourth-order valence-electron chi connectivity index (χ4n) is 1.35. The molecule has 1 aromatic rings. The average Bonchev–Trinajstić information content (AvgIpc) is 2.38. The number of carbonyl (C=O) groups excluding carboxylic acids is 1. The summed E-state index contributed by atoms with van der Waals surface area (Å²) in [5.74, 6) is 0.319. The molecule has 1 rings (SSSR count). The van der Waals surface area contributed by atoms with Crippen LogP contribution in [0.4, 0.5) is 0 Å². The van der Waals surface area contributed by atoms with E-state index in [0.717, 1.165) is 0 Å². The molecule has 1 aromatic carbocycles. The molecular weight excluding hydrogens is 270 g/mol. The standard InChI is InChI=1S/C13H18ClNO4/c1-10(13(17)15-5-7-18-8-6-16)19-12-4-2-3-11(14)9-12/h2-4,9-10,16H,5-8H2,1H3,(H,15,17). The van der Waals surface area contributed by atoms with Gasteiger partial charge in [-0.05, 0) is 25.1 Å². The molecule has 6 heteroatoms. The van der Waals surface area contributed by atoms with Gasteiger partial charge in [0.15, 0.2) is 6.10 Å². The number of aliphatic hydroxyl groups is 1. The molecule has 0 saturated heterocycles. The Balaban J connectivity index is 2.28. The van der Waals surface area contributed by atoms with Crippen LogP contribution in [0.15, 0.2) is 24.3 Å². The zero-order chi connectivity index (χ0) is 14.1. The Morgan fingerprint density at radius 1 is 1.47 bits per heavy atom. The number of benzene rings is 1. The van der Waals surface area contributed by atoms with Crippen LogP contribution in [-0.2, 0) is 9.53 Å². The van der Waals surface area contributed by atoms with Crippen molar-refractivity contribution in [3.05, 3.63) is 29.3 Å². The first-order valence-corrected chi connectivity index (χ1v) is 6.40. The summed E-state index contributed by atoms with van der Waals surface area (Å²) < 4.78 is 10.5. The Morgan fingerprint density at radius 2 is 2.26 bits per heavy atom. The highest BCUT2D eigenvalue weighted by molar-refractivity contribution is 6.30. The van der Waals surface area contributed by atoms with Crippen molar-refractivity contribution in [1.29, 1.82) is 0 Å². The molecule has 0 aliphatic carbocycles. The van der Waals surface area contributed by atoms with Gasteiger partial charge in [0, 0.05) is 11.6 Å². The Morgan fingerprint density at radius 3 is 2.95 bits per heavy atom. The maximum atomic E-state index is 11.7. The van der Waals surface area contributed by atoms with Crippen LogP contribution in [-0.4, -0.2) is 43.5 Å². The van der Waals surface area contributed by atoms with Crippen molar-refractivity contribution in [3.8, 4) is 5.75 Å². The van der Waals surface area contributed by atoms with E-state index in [2.05, 4.69) is 5.32 Å². The van der Waals surface area contributed by atoms with E-state index in [1.807, 2.05) is 0 Å². The summed E-state index contributed by atoms with van der Waals surface area (Å²) >= 11 is 5.82. The van der Waals surface area contributed by atoms with Gasteiger partial charge in [0.25, 0.3) is 5.91 Å². The van der Waals surface area contributed by atoms with E-state index in [1.54, 1.807) is 31.2 Å². The van der Waals surface area contributed by atoms with Crippen molar-refractivity contribution in [2.45, 2.75) is 13.0 Å². The monoisotopic (exact) mass is 287 g/mol. The van der Waals surface area contributed by atoms with Gasteiger partial charge in [0.2, 0.25) is 0 Å². The first-order valence-electron chi connectivity index (χ1n) is 6.02. The second-order valence-electron chi connectivity index (χ2n) is 3.84.